The van der Waals surface area contributed by atoms with Crippen LogP contribution in [0.5, 0.6) is 5.88 Å². The van der Waals surface area contributed by atoms with Crippen LogP contribution in [-0.4, -0.2) is 47.5 Å². The molecular formula is C23H28N8O2. The largest absolute Gasteiger partial charge is 0.473 e. The van der Waals surface area contributed by atoms with Crippen molar-refractivity contribution in [2.75, 3.05) is 12.4 Å². The van der Waals surface area contributed by atoms with Crippen LogP contribution < -0.4 is 15.6 Å². The number of nitrogens with one attached hydrogen (secondary N) is 1. The van der Waals surface area contributed by atoms with E-state index in [0.717, 1.165) is 53.7 Å². The molecule has 1 aliphatic carbocycles. The summed E-state index contributed by atoms with van der Waals surface area (Å²) in [5.74, 6) is 1.32. The van der Waals surface area contributed by atoms with Crippen LogP contribution >= 0.6 is 0 Å². The van der Waals surface area contributed by atoms with Gasteiger partial charge in [0.05, 0.1) is 17.8 Å². The summed E-state index contributed by atoms with van der Waals surface area (Å²) >= 11 is 0. The Kier molecular flexibility index (Phi) is 5.57. The molecule has 1 aliphatic rings. The molecule has 1 N–H and O–H groups in total. The van der Waals surface area contributed by atoms with Crippen LogP contribution in [-0.2, 0) is 13.6 Å². The van der Waals surface area contributed by atoms with Gasteiger partial charge in [-0.15, -0.1) is 5.10 Å². The van der Waals surface area contributed by atoms with Crippen molar-refractivity contribution in [1.82, 2.24) is 34.3 Å². The van der Waals surface area contributed by atoms with E-state index in [0.29, 0.717) is 12.4 Å². The van der Waals surface area contributed by atoms with Crippen LogP contribution in [0.25, 0.3) is 22.2 Å². The lowest BCUT2D eigenvalue weighted by Crippen LogP contribution is -2.28. The smallest absolute Gasteiger partial charge is 0.266 e. The zero-order valence-corrected chi connectivity index (χ0v) is 19.1. The summed E-state index contributed by atoms with van der Waals surface area (Å²) in [5, 5.41) is 17.8. The second-order valence-electron chi connectivity index (χ2n) is 8.41. The summed E-state index contributed by atoms with van der Waals surface area (Å²) in [5.41, 5.74) is 2.83. The minimum atomic E-state index is -0.112. The van der Waals surface area contributed by atoms with Gasteiger partial charge in [0.2, 0.25) is 5.88 Å². The molecule has 0 aliphatic heterocycles. The van der Waals surface area contributed by atoms with E-state index in [2.05, 4.69) is 31.2 Å². The van der Waals surface area contributed by atoms with Crippen molar-refractivity contribution in [1.29, 1.82) is 0 Å². The van der Waals surface area contributed by atoms with E-state index in [1.807, 2.05) is 39.6 Å². The zero-order valence-electron chi connectivity index (χ0n) is 19.1. The molecular weight excluding hydrogens is 420 g/mol. The van der Waals surface area contributed by atoms with Crippen LogP contribution in [0.3, 0.4) is 0 Å². The molecule has 172 valence electrons. The van der Waals surface area contributed by atoms with Gasteiger partial charge < -0.3 is 10.1 Å². The molecule has 0 aromatic carbocycles. The first-order valence-corrected chi connectivity index (χ1v) is 11.4. The van der Waals surface area contributed by atoms with Crippen LogP contribution in [0.15, 0.2) is 41.6 Å². The van der Waals surface area contributed by atoms with E-state index in [4.69, 9.17) is 9.84 Å². The molecule has 0 unspecified atom stereocenters. The lowest BCUT2D eigenvalue weighted by molar-refractivity contribution is 0.123. The van der Waals surface area contributed by atoms with Crippen molar-refractivity contribution in [3.63, 3.8) is 0 Å². The van der Waals surface area contributed by atoms with Crippen molar-refractivity contribution in [3.05, 3.63) is 47.1 Å². The Balaban J connectivity index is 1.38. The Morgan fingerprint density at radius 3 is 2.67 bits per heavy atom. The molecule has 0 atom stereocenters. The summed E-state index contributed by atoms with van der Waals surface area (Å²) in [6.45, 7) is 2.42. The number of hydrogen-bond donors (Lipinski definition) is 1. The van der Waals surface area contributed by atoms with Crippen LogP contribution in [0.2, 0.25) is 0 Å². The summed E-state index contributed by atoms with van der Waals surface area (Å²) in [6.07, 6.45) is 9.45. The highest BCUT2D eigenvalue weighted by atomic mass is 16.5. The van der Waals surface area contributed by atoms with Gasteiger partial charge in [0.25, 0.3) is 5.56 Å². The Labute approximate surface area is 191 Å². The molecule has 5 rings (SSSR count). The third-order valence-electron chi connectivity index (χ3n) is 6.24. The lowest BCUT2D eigenvalue weighted by Gasteiger charge is -2.29. The molecule has 0 spiro atoms. The summed E-state index contributed by atoms with van der Waals surface area (Å²) < 4.78 is 11.5. The van der Waals surface area contributed by atoms with Crippen molar-refractivity contribution >= 4 is 16.7 Å². The fraction of sp³-hybridized carbons (Fsp3) is 0.435. The number of fused-ring (bicyclic) bond motifs is 1. The van der Waals surface area contributed by atoms with Gasteiger partial charge in [0.15, 0.2) is 0 Å². The molecule has 4 aromatic heterocycles. The van der Waals surface area contributed by atoms with Crippen molar-refractivity contribution in [3.8, 4) is 17.1 Å². The maximum Gasteiger partial charge on any atom is 0.266 e. The van der Waals surface area contributed by atoms with E-state index >= 15 is 0 Å². The Morgan fingerprint density at radius 2 is 1.97 bits per heavy atom. The van der Waals surface area contributed by atoms with Crippen LogP contribution in [0.4, 0.5) is 5.82 Å². The molecule has 10 nitrogen and oxygen atoms in total. The van der Waals surface area contributed by atoms with Gasteiger partial charge >= 0.3 is 0 Å². The number of rotatable bonds is 6. The topological polar surface area (TPSA) is 105 Å². The Morgan fingerprint density at radius 1 is 1.15 bits per heavy atom. The third-order valence-corrected chi connectivity index (χ3v) is 6.24. The van der Waals surface area contributed by atoms with Gasteiger partial charge in [-0.25, -0.2) is 9.67 Å². The second-order valence-corrected chi connectivity index (χ2v) is 8.41. The molecule has 0 radical (unpaired) electrons. The van der Waals surface area contributed by atoms with Crippen molar-refractivity contribution < 1.29 is 4.74 Å². The molecule has 4 heterocycles. The summed E-state index contributed by atoms with van der Waals surface area (Å²) in [6, 6.07) is 5.50. The molecule has 4 aromatic rings. The molecule has 0 bridgehead atoms. The molecule has 0 saturated heterocycles. The number of aryl methyl sites for hydroxylation is 2. The Bertz CT molecular complexity index is 1330. The standard InChI is InChI=1S/C23H28N8O2/c1-4-30-22(32)10-9-21(27-30)33-17-7-5-16(6-8-17)31-19-11-20(24-2)25-13-18(19)23(28-31)15-12-26-29(3)14-15/h9-14,16-17H,4-8H2,1-3H3,(H,24,25). The fourth-order valence-corrected chi connectivity index (χ4v) is 4.50. The van der Waals surface area contributed by atoms with E-state index < -0.39 is 0 Å². The van der Waals surface area contributed by atoms with Crippen LogP contribution in [0.1, 0.15) is 38.6 Å². The minimum absolute atomic E-state index is 0.0747. The summed E-state index contributed by atoms with van der Waals surface area (Å²) in [4.78, 5) is 16.3. The van der Waals surface area contributed by atoms with Crippen molar-refractivity contribution in [2.45, 2.75) is 51.3 Å². The molecule has 1 saturated carbocycles. The predicted molar refractivity (Wildman–Crippen MR) is 125 cm³/mol. The number of aromatic nitrogens is 7. The zero-order chi connectivity index (χ0) is 22.9. The molecule has 33 heavy (non-hydrogen) atoms. The summed E-state index contributed by atoms with van der Waals surface area (Å²) in [7, 11) is 3.78. The normalized spacial score (nSPS) is 18.5. The van der Waals surface area contributed by atoms with Gasteiger partial charge in [-0.1, -0.05) is 0 Å². The number of hydrogen-bond acceptors (Lipinski definition) is 7. The maximum atomic E-state index is 11.8. The van der Waals surface area contributed by atoms with Gasteiger partial charge in [-0.2, -0.15) is 10.2 Å². The minimum Gasteiger partial charge on any atom is -0.473 e. The predicted octanol–water partition coefficient (Wildman–Crippen LogP) is 3.01. The van der Waals surface area contributed by atoms with Gasteiger partial charge in [0.1, 0.15) is 17.6 Å². The van der Waals surface area contributed by atoms with Gasteiger partial charge in [-0.05, 0) is 32.6 Å². The average molecular weight is 449 g/mol. The molecule has 0 amide bonds. The van der Waals surface area contributed by atoms with Gasteiger partial charge in [-0.3, -0.25) is 14.2 Å². The monoisotopic (exact) mass is 448 g/mol. The fourth-order valence-electron chi connectivity index (χ4n) is 4.50. The quantitative estimate of drug-likeness (QED) is 0.483. The number of pyridine rings is 1. The lowest BCUT2D eigenvalue weighted by atomic mass is 9.93. The average Bonchev–Trinajstić information content (AvgIpc) is 3.44. The third kappa shape index (κ3) is 4.08. The SMILES string of the molecule is CCn1nc(OC2CCC(n3nc(-c4cnn(C)c4)c4cnc(NC)cc43)CC2)ccc1=O. The highest BCUT2D eigenvalue weighted by Gasteiger charge is 2.27. The van der Waals surface area contributed by atoms with E-state index in [-0.39, 0.29) is 17.7 Å². The highest BCUT2D eigenvalue weighted by Crippen LogP contribution is 2.36. The first-order valence-electron chi connectivity index (χ1n) is 11.4. The Hall–Kier alpha value is -3.69. The molecule has 10 heteroatoms. The first-order chi connectivity index (χ1) is 16.1. The number of anilines is 1. The van der Waals surface area contributed by atoms with Gasteiger partial charge in [0, 0.05) is 62.2 Å². The number of ether oxygens (including phenoxy) is 1. The first kappa shape index (κ1) is 21.2. The highest BCUT2D eigenvalue weighted by molar-refractivity contribution is 5.93. The second kappa shape index (κ2) is 8.68. The van der Waals surface area contributed by atoms with E-state index in [9.17, 15) is 4.79 Å². The number of nitrogens with zero attached hydrogens (tertiary/aromatic N) is 7. The van der Waals surface area contributed by atoms with Crippen molar-refractivity contribution in [2.24, 2.45) is 7.05 Å². The van der Waals surface area contributed by atoms with Crippen LogP contribution in [0, 0.1) is 0 Å². The van der Waals surface area contributed by atoms with E-state index in [1.165, 1.54) is 10.7 Å². The maximum absolute atomic E-state index is 11.8. The van der Waals surface area contributed by atoms with E-state index in [1.54, 1.807) is 10.7 Å². The molecule has 1 fully saturated rings.